The smallest absolute Gasteiger partial charge is 0.290 e. The third-order valence-electron chi connectivity index (χ3n) is 3.61. The van der Waals surface area contributed by atoms with Crippen LogP contribution in [0, 0.1) is 15.9 Å². The SMILES string of the molecule is O=[N+]([O-])c1ccc(F)cc1[C@@H](N1CCNCC1)C(F)(F)CO. The van der Waals surface area contributed by atoms with Crippen molar-refractivity contribution < 1.29 is 23.2 Å². The molecular formula is C13H16F3N3O3. The number of aliphatic hydroxyl groups is 1. The summed E-state index contributed by atoms with van der Waals surface area (Å²) in [6.07, 6.45) is 0. The molecular weight excluding hydrogens is 303 g/mol. The number of halogens is 3. The van der Waals surface area contributed by atoms with Crippen LogP contribution in [0.1, 0.15) is 11.6 Å². The van der Waals surface area contributed by atoms with Crippen LogP contribution in [0.4, 0.5) is 18.9 Å². The first-order valence-electron chi connectivity index (χ1n) is 6.74. The molecule has 1 aromatic carbocycles. The Morgan fingerprint density at radius 1 is 1.41 bits per heavy atom. The van der Waals surface area contributed by atoms with Crippen molar-refractivity contribution in [1.82, 2.24) is 10.2 Å². The molecule has 0 radical (unpaired) electrons. The number of hydrogen-bond acceptors (Lipinski definition) is 5. The number of nitrogens with zero attached hydrogens (tertiary/aromatic N) is 2. The molecule has 0 aromatic heterocycles. The van der Waals surface area contributed by atoms with Gasteiger partial charge in [0.2, 0.25) is 0 Å². The molecule has 122 valence electrons. The van der Waals surface area contributed by atoms with Gasteiger partial charge in [0.05, 0.1) is 10.5 Å². The molecule has 0 bridgehead atoms. The minimum atomic E-state index is -3.63. The number of nitrogens with one attached hydrogen (secondary N) is 1. The molecule has 22 heavy (non-hydrogen) atoms. The first-order valence-corrected chi connectivity index (χ1v) is 6.74. The predicted molar refractivity (Wildman–Crippen MR) is 72.3 cm³/mol. The molecule has 1 aliphatic heterocycles. The minimum Gasteiger partial charge on any atom is -0.390 e. The zero-order valence-electron chi connectivity index (χ0n) is 11.6. The summed E-state index contributed by atoms with van der Waals surface area (Å²) in [5.41, 5.74) is -1.01. The van der Waals surface area contributed by atoms with Gasteiger partial charge in [-0.05, 0) is 12.1 Å². The highest BCUT2D eigenvalue weighted by atomic mass is 19.3. The van der Waals surface area contributed by atoms with Crippen molar-refractivity contribution in [3.05, 3.63) is 39.7 Å². The molecule has 2 N–H and O–H groups in total. The molecule has 1 aliphatic rings. The normalized spacial score (nSPS) is 18.2. The summed E-state index contributed by atoms with van der Waals surface area (Å²) in [6.45, 7) is -0.181. The van der Waals surface area contributed by atoms with Crippen LogP contribution in [-0.2, 0) is 0 Å². The molecule has 1 aromatic rings. The van der Waals surface area contributed by atoms with Gasteiger partial charge in [-0.25, -0.2) is 13.2 Å². The molecule has 9 heteroatoms. The second kappa shape index (κ2) is 6.59. The van der Waals surface area contributed by atoms with Crippen molar-refractivity contribution in [3.63, 3.8) is 0 Å². The van der Waals surface area contributed by atoms with Gasteiger partial charge in [0.25, 0.3) is 11.6 Å². The van der Waals surface area contributed by atoms with E-state index >= 15 is 0 Å². The Labute approximate surface area is 124 Å². The second-order valence-electron chi connectivity index (χ2n) is 5.07. The van der Waals surface area contributed by atoms with Gasteiger partial charge in [0.1, 0.15) is 18.5 Å². The molecule has 1 fully saturated rings. The summed E-state index contributed by atoms with van der Waals surface area (Å²) in [7, 11) is 0. The molecule has 1 atom stereocenters. The highest BCUT2D eigenvalue weighted by Crippen LogP contribution is 2.40. The molecule has 6 nitrogen and oxygen atoms in total. The van der Waals surface area contributed by atoms with Gasteiger partial charge >= 0.3 is 0 Å². The lowest BCUT2D eigenvalue weighted by Crippen LogP contribution is -2.51. The maximum atomic E-state index is 14.2. The van der Waals surface area contributed by atoms with Gasteiger partial charge < -0.3 is 10.4 Å². The average Bonchev–Trinajstić information content (AvgIpc) is 2.48. The minimum absolute atomic E-state index is 0.216. The molecule has 0 unspecified atom stereocenters. The van der Waals surface area contributed by atoms with E-state index in [0.29, 0.717) is 13.1 Å². The Balaban J connectivity index is 2.53. The van der Waals surface area contributed by atoms with E-state index < -0.39 is 40.6 Å². The van der Waals surface area contributed by atoms with Gasteiger partial charge in [-0.3, -0.25) is 15.0 Å². The van der Waals surface area contributed by atoms with Crippen molar-refractivity contribution in [2.75, 3.05) is 32.8 Å². The zero-order chi connectivity index (χ0) is 16.3. The fourth-order valence-electron chi connectivity index (χ4n) is 2.63. The molecule has 0 amide bonds. The van der Waals surface area contributed by atoms with E-state index in [1.165, 1.54) is 4.90 Å². The first-order chi connectivity index (χ1) is 10.4. The Morgan fingerprint density at radius 3 is 2.59 bits per heavy atom. The van der Waals surface area contributed by atoms with Gasteiger partial charge in [-0.2, -0.15) is 0 Å². The third-order valence-corrected chi connectivity index (χ3v) is 3.61. The lowest BCUT2D eigenvalue weighted by Gasteiger charge is -2.38. The van der Waals surface area contributed by atoms with E-state index in [-0.39, 0.29) is 13.1 Å². The number of hydrogen-bond donors (Lipinski definition) is 2. The van der Waals surface area contributed by atoms with Crippen LogP contribution in [0.2, 0.25) is 0 Å². The average molecular weight is 319 g/mol. The Hall–Kier alpha value is -1.71. The number of piperazine rings is 1. The summed E-state index contributed by atoms with van der Waals surface area (Å²) in [5, 5.41) is 23.1. The van der Waals surface area contributed by atoms with Crippen LogP contribution in [-0.4, -0.2) is 53.6 Å². The number of aliphatic hydroxyl groups excluding tert-OH is 1. The maximum absolute atomic E-state index is 14.2. The van der Waals surface area contributed by atoms with Gasteiger partial charge in [-0.15, -0.1) is 0 Å². The van der Waals surface area contributed by atoms with Crippen molar-refractivity contribution in [2.24, 2.45) is 0 Å². The highest BCUT2D eigenvalue weighted by molar-refractivity contribution is 5.43. The molecule has 1 saturated heterocycles. The van der Waals surface area contributed by atoms with Crippen LogP contribution >= 0.6 is 0 Å². The van der Waals surface area contributed by atoms with Crippen molar-refractivity contribution in [3.8, 4) is 0 Å². The number of benzene rings is 1. The van der Waals surface area contributed by atoms with Crippen molar-refractivity contribution >= 4 is 5.69 Å². The maximum Gasteiger partial charge on any atom is 0.290 e. The fraction of sp³-hybridized carbons (Fsp3) is 0.538. The Kier molecular flexibility index (Phi) is 4.99. The van der Waals surface area contributed by atoms with E-state index in [1.54, 1.807) is 0 Å². The molecule has 0 spiro atoms. The van der Waals surface area contributed by atoms with Crippen LogP contribution in [0.5, 0.6) is 0 Å². The first kappa shape index (κ1) is 16.7. The quantitative estimate of drug-likeness (QED) is 0.632. The third kappa shape index (κ3) is 3.37. The van der Waals surface area contributed by atoms with E-state index in [0.717, 1.165) is 18.2 Å². The summed E-state index contributed by atoms with van der Waals surface area (Å²) in [4.78, 5) is 11.6. The largest absolute Gasteiger partial charge is 0.390 e. The van der Waals surface area contributed by atoms with Crippen LogP contribution < -0.4 is 5.32 Å². The summed E-state index contributed by atoms with van der Waals surface area (Å²) < 4.78 is 41.9. The number of nitro benzene ring substituents is 1. The highest BCUT2D eigenvalue weighted by Gasteiger charge is 2.46. The molecule has 2 rings (SSSR count). The lowest BCUT2D eigenvalue weighted by atomic mass is 9.96. The molecule has 0 aliphatic carbocycles. The van der Waals surface area contributed by atoms with Crippen LogP contribution in [0.3, 0.4) is 0 Å². The van der Waals surface area contributed by atoms with Gasteiger partial charge in [0, 0.05) is 32.2 Å². The van der Waals surface area contributed by atoms with Crippen molar-refractivity contribution in [2.45, 2.75) is 12.0 Å². The van der Waals surface area contributed by atoms with E-state index in [9.17, 15) is 23.3 Å². The van der Waals surface area contributed by atoms with Gasteiger partial charge in [0.15, 0.2) is 0 Å². The lowest BCUT2D eigenvalue weighted by molar-refractivity contribution is -0.386. The summed E-state index contributed by atoms with van der Waals surface area (Å²) >= 11 is 0. The summed E-state index contributed by atoms with van der Waals surface area (Å²) in [5.74, 6) is -4.47. The molecule has 1 heterocycles. The Bertz CT molecular complexity index is 551. The van der Waals surface area contributed by atoms with E-state index in [2.05, 4.69) is 5.32 Å². The summed E-state index contributed by atoms with van der Waals surface area (Å²) in [6, 6.07) is 0.714. The topological polar surface area (TPSA) is 78.6 Å². The van der Waals surface area contributed by atoms with E-state index in [1.807, 2.05) is 0 Å². The zero-order valence-corrected chi connectivity index (χ0v) is 11.6. The fourth-order valence-corrected chi connectivity index (χ4v) is 2.63. The second-order valence-corrected chi connectivity index (χ2v) is 5.07. The number of alkyl halides is 2. The van der Waals surface area contributed by atoms with Crippen LogP contribution in [0.25, 0.3) is 0 Å². The molecule has 0 saturated carbocycles. The van der Waals surface area contributed by atoms with E-state index in [4.69, 9.17) is 5.11 Å². The standard InChI is InChI=1S/C13H16F3N3O3/c14-9-1-2-11(19(21)22)10(7-9)12(13(15,16)8-20)18-5-3-17-4-6-18/h1-2,7,12,17,20H,3-6,8H2/t12-/m1/s1. The van der Waals surface area contributed by atoms with Crippen LogP contribution in [0.15, 0.2) is 18.2 Å². The Morgan fingerprint density at radius 2 is 2.05 bits per heavy atom. The number of rotatable bonds is 5. The predicted octanol–water partition coefficient (Wildman–Crippen LogP) is 1.31. The van der Waals surface area contributed by atoms with Gasteiger partial charge in [-0.1, -0.05) is 0 Å². The number of nitro groups is 1. The monoisotopic (exact) mass is 319 g/mol. The van der Waals surface area contributed by atoms with Crippen molar-refractivity contribution in [1.29, 1.82) is 0 Å².